The Morgan fingerprint density at radius 3 is 2.59 bits per heavy atom. The lowest BCUT2D eigenvalue weighted by atomic mass is 9.83. The lowest BCUT2D eigenvalue weighted by Gasteiger charge is -2.28. The molecule has 0 atom stereocenters. The highest BCUT2D eigenvalue weighted by molar-refractivity contribution is 5.09. The summed E-state index contributed by atoms with van der Waals surface area (Å²) in [5.41, 5.74) is 7.02. The van der Waals surface area contributed by atoms with Gasteiger partial charge in [0.2, 0.25) is 0 Å². The summed E-state index contributed by atoms with van der Waals surface area (Å²) in [4.78, 5) is 4.25. The Balaban J connectivity index is 2.02. The van der Waals surface area contributed by atoms with Crippen LogP contribution in [-0.4, -0.2) is 9.55 Å². The number of hydrogen-bond donors (Lipinski definition) is 1. The molecule has 0 amide bonds. The lowest BCUT2D eigenvalue weighted by molar-refractivity contribution is 0.260. The van der Waals surface area contributed by atoms with Crippen LogP contribution in [0.2, 0.25) is 0 Å². The van der Waals surface area contributed by atoms with Gasteiger partial charge < -0.3 is 10.3 Å². The molecule has 1 aliphatic rings. The summed E-state index contributed by atoms with van der Waals surface area (Å²) < 4.78 is 2.25. The van der Waals surface area contributed by atoms with Crippen LogP contribution in [0.15, 0.2) is 12.5 Å². The second-order valence-corrected chi connectivity index (χ2v) is 6.28. The Hall–Kier alpha value is -0.830. The van der Waals surface area contributed by atoms with Crippen molar-refractivity contribution in [2.45, 2.75) is 58.5 Å². The van der Waals surface area contributed by atoms with E-state index in [0.717, 1.165) is 24.1 Å². The second kappa shape index (κ2) is 4.81. The quantitative estimate of drug-likeness (QED) is 0.875. The molecular formula is C14H25N3. The Morgan fingerprint density at radius 2 is 2.00 bits per heavy atom. The lowest BCUT2D eigenvalue weighted by Crippen LogP contribution is -2.32. The second-order valence-electron chi connectivity index (χ2n) is 6.28. The van der Waals surface area contributed by atoms with E-state index in [1.54, 1.807) is 0 Å². The van der Waals surface area contributed by atoms with Crippen molar-refractivity contribution in [2.75, 3.05) is 0 Å². The van der Waals surface area contributed by atoms with Crippen LogP contribution in [0.5, 0.6) is 0 Å². The van der Waals surface area contributed by atoms with E-state index < -0.39 is 0 Å². The Bertz CT molecular complexity index is 354. The van der Waals surface area contributed by atoms with Crippen molar-refractivity contribution in [3.8, 4) is 0 Å². The first-order valence-corrected chi connectivity index (χ1v) is 6.76. The zero-order valence-corrected chi connectivity index (χ0v) is 11.3. The van der Waals surface area contributed by atoms with Crippen LogP contribution in [-0.2, 0) is 12.1 Å². The van der Waals surface area contributed by atoms with E-state index in [1.165, 1.54) is 25.7 Å². The third-order valence-electron chi connectivity index (χ3n) is 3.96. The molecule has 3 nitrogen and oxygen atoms in total. The van der Waals surface area contributed by atoms with Gasteiger partial charge in [0.25, 0.3) is 0 Å². The van der Waals surface area contributed by atoms with Gasteiger partial charge in [0, 0.05) is 12.7 Å². The van der Waals surface area contributed by atoms with E-state index in [2.05, 4.69) is 16.5 Å². The molecule has 0 aromatic carbocycles. The number of rotatable bonds is 3. The summed E-state index contributed by atoms with van der Waals surface area (Å²) in [5.74, 6) is 1.72. The maximum absolute atomic E-state index is 6.17. The van der Waals surface area contributed by atoms with E-state index in [0.29, 0.717) is 0 Å². The van der Waals surface area contributed by atoms with E-state index >= 15 is 0 Å². The van der Waals surface area contributed by atoms with Gasteiger partial charge in [-0.15, -0.1) is 0 Å². The number of imidazole rings is 1. The number of nitrogens with zero attached hydrogens (tertiary/aromatic N) is 2. The molecule has 96 valence electrons. The van der Waals surface area contributed by atoms with E-state index in [1.807, 2.05) is 26.4 Å². The van der Waals surface area contributed by atoms with Gasteiger partial charge in [0.1, 0.15) is 0 Å². The Morgan fingerprint density at radius 1 is 1.35 bits per heavy atom. The third kappa shape index (κ3) is 3.09. The number of aromatic nitrogens is 2. The predicted molar refractivity (Wildman–Crippen MR) is 70.6 cm³/mol. The molecule has 1 heterocycles. The van der Waals surface area contributed by atoms with Gasteiger partial charge in [0.05, 0.1) is 17.6 Å². The summed E-state index contributed by atoms with van der Waals surface area (Å²) in [6.07, 6.45) is 9.29. The first-order valence-electron chi connectivity index (χ1n) is 6.76. The van der Waals surface area contributed by atoms with Crippen molar-refractivity contribution in [1.29, 1.82) is 0 Å². The fraction of sp³-hybridized carbons (Fsp3) is 0.786. The van der Waals surface area contributed by atoms with E-state index in [4.69, 9.17) is 5.73 Å². The third-order valence-corrected chi connectivity index (χ3v) is 3.96. The standard InChI is InChI=1S/C14H25N3/c1-11-4-6-12(7-5-11)9-17-10-16-8-13(17)14(2,3)15/h8,10-12H,4-7,9,15H2,1-3H3. The summed E-state index contributed by atoms with van der Waals surface area (Å²) in [6.45, 7) is 7.54. The fourth-order valence-corrected chi connectivity index (χ4v) is 2.79. The average Bonchev–Trinajstić information content (AvgIpc) is 2.69. The van der Waals surface area contributed by atoms with Crippen LogP contribution in [0.4, 0.5) is 0 Å². The molecule has 1 aromatic rings. The molecular weight excluding hydrogens is 210 g/mol. The fourth-order valence-electron chi connectivity index (χ4n) is 2.79. The minimum Gasteiger partial charge on any atom is -0.333 e. The molecule has 2 rings (SSSR count). The molecule has 1 fully saturated rings. The van der Waals surface area contributed by atoms with Crippen molar-refractivity contribution in [3.05, 3.63) is 18.2 Å². The van der Waals surface area contributed by atoms with Crippen LogP contribution < -0.4 is 5.73 Å². The van der Waals surface area contributed by atoms with Gasteiger partial charge in [-0.1, -0.05) is 19.8 Å². The van der Waals surface area contributed by atoms with Crippen molar-refractivity contribution in [1.82, 2.24) is 9.55 Å². The normalized spacial score (nSPS) is 26.1. The summed E-state index contributed by atoms with van der Waals surface area (Å²) in [7, 11) is 0. The maximum atomic E-state index is 6.17. The first-order chi connectivity index (χ1) is 7.97. The van der Waals surface area contributed by atoms with Crippen LogP contribution in [0.3, 0.4) is 0 Å². The summed E-state index contributed by atoms with van der Waals surface area (Å²) >= 11 is 0. The van der Waals surface area contributed by atoms with Gasteiger partial charge in [-0.05, 0) is 38.5 Å². The maximum Gasteiger partial charge on any atom is 0.0948 e. The molecule has 0 unspecified atom stereocenters. The molecule has 0 radical (unpaired) electrons. The van der Waals surface area contributed by atoms with Gasteiger partial charge in [0.15, 0.2) is 0 Å². The SMILES string of the molecule is CC1CCC(Cn2cncc2C(C)(C)N)CC1. The molecule has 17 heavy (non-hydrogen) atoms. The van der Waals surface area contributed by atoms with E-state index in [9.17, 15) is 0 Å². The van der Waals surface area contributed by atoms with Crippen molar-refractivity contribution in [3.63, 3.8) is 0 Å². The zero-order chi connectivity index (χ0) is 12.5. The van der Waals surface area contributed by atoms with Gasteiger partial charge >= 0.3 is 0 Å². The molecule has 0 bridgehead atoms. The topological polar surface area (TPSA) is 43.8 Å². The van der Waals surface area contributed by atoms with E-state index in [-0.39, 0.29) is 5.54 Å². The zero-order valence-electron chi connectivity index (χ0n) is 11.3. The Kier molecular flexibility index (Phi) is 3.57. The molecule has 0 spiro atoms. The molecule has 1 aromatic heterocycles. The highest BCUT2D eigenvalue weighted by Gasteiger charge is 2.23. The largest absolute Gasteiger partial charge is 0.333 e. The molecule has 0 saturated heterocycles. The molecule has 0 aliphatic heterocycles. The highest BCUT2D eigenvalue weighted by atomic mass is 15.1. The average molecular weight is 235 g/mol. The smallest absolute Gasteiger partial charge is 0.0948 e. The monoisotopic (exact) mass is 235 g/mol. The minimum absolute atomic E-state index is 0.293. The van der Waals surface area contributed by atoms with Crippen molar-refractivity contribution >= 4 is 0 Å². The highest BCUT2D eigenvalue weighted by Crippen LogP contribution is 2.30. The Labute approximate surface area is 104 Å². The number of nitrogens with two attached hydrogens (primary N) is 1. The molecule has 3 heteroatoms. The number of hydrogen-bond acceptors (Lipinski definition) is 2. The first kappa shape index (κ1) is 12.6. The van der Waals surface area contributed by atoms with Gasteiger partial charge in [-0.3, -0.25) is 0 Å². The summed E-state index contributed by atoms with van der Waals surface area (Å²) in [6, 6.07) is 0. The van der Waals surface area contributed by atoms with Crippen LogP contribution in [0.1, 0.15) is 52.1 Å². The predicted octanol–water partition coefficient (Wildman–Crippen LogP) is 2.90. The minimum atomic E-state index is -0.293. The van der Waals surface area contributed by atoms with Crippen LogP contribution >= 0.6 is 0 Å². The van der Waals surface area contributed by atoms with Crippen LogP contribution in [0.25, 0.3) is 0 Å². The molecule has 2 N–H and O–H groups in total. The molecule has 1 aliphatic carbocycles. The summed E-state index contributed by atoms with van der Waals surface area (Å²) in [5, 5.41) is 0. The van der Waals surface area contributed by atoms with Crippen LogP contribution in [0, 0.1) is 11.8 Å². The van der Waals surface area contributed by atoms with Crippen molar-refractivity contribution < 1.29 is 0 Å². The van der Waals surface area contributed by atoms with Crippen molar-refractivity contribution in [2.24, 2.45) is 17.6 Å². The van der Waals surface area contributed by atoms with Gasteiger partial charge in [-0.25, -0.2) is 4.98 Å². The molecule has 1 saturated carbocycles. The van der Waals surface area contributed by atoms with Gasteiger partial charge in [-0.2, -0.15) is 0 Å².